The number of nitrogens with one attached hydrogen (secondary N) is 1. The predicted molar refractivity (Wildman–Crippen MR) is 59.0 cm³/mol. The smallest absolute Gasteiger partial charge is 0.293 e. The molecule has 1 aliphatic rings. The van der Waals surface area contributed by atoms with Crippen molar-refractivity contribution in [2.24, 2.45) is 0 Å². The van der Waals surface area contributed by atoms with Crippen LogP contribution in [0.3, 0.4) is 0 Å². The number of carbonyl (C=O) groups excluding carboxylic acids is 1. The van der Waals surface area contributed by atoms with Crippen LogP contribution in [0.25, 0.3) is 0 Å². The van der Waals surface area contributed by atoms with Crippen molar-refractivity contribution in [3.63, 3.8) is 0 Å². The Morgan fingerprint density at radius 1 is 1.47 bits per heavy atom. The van der Waals surface area contributed by atoms with Crippen molar-refractivity contribution in [3.05, 3.63) is 11.6 Å². The van der Waals surface area contributed by atoms with Crippen LogP contribution >= 0.6 is 11.8 Å². The number of hydrogen-bond donors (Lipinski definition) is 1. The quantitative estimate of drug-likeness (QED) is 0.765. The molecular weight excluding hydrogens is 212 g/mol. The lowest BCUT2D eigenvalue weighted by Gasteiger charge is -2.17. The average Bonchev–Trinajstić information content (AvgIpc) is 2.53. The van der Waals surface area contributed by atoms with Crippen LogP contribution in [-0.4, -0.2) is 50.6 Å². The molecule has 5 nitrogen and oxygen atoms in total. The summed E-state index contributed by atoms with van der Waals surface area (Å²) < 4.78 is 0. The van der Waals surface area contributed by atoms with Crippen molar-refractivity contribution in [2.75, 3.05) is 24.6 Å². The third-order valence-electron chi connectivity index (χ3n) is 2.30. The van der Waals surface area contributed by atoms with E-state index < -0.39 is 0 Å². The number of thioether (sulfide) groups is 1. The zero-order valence-corrected chi connectivity index (χ0v) is 9.51. The Balaban J connectivity index is 2.06. The van der Waals surface area contributed by atoms with Gasteiger partial charge in [-0.15, -0.1) is 5.10 Å². The first-order chi connectivity index (χ1) is 7.27. The lowest BCUT2D eigenvalue weighted by Crippen LogP contribution is -2.33. The van der Waals surface area contributed by atoms with Crippen LogP contribution in [0.1, 0.15) is 22.9 Å². The zero-order chi connectivity index (χ0) is 10.7. The fourth-order valence-corrected chi connectivity index (χ4v) is 2.42. The number of aryl methyl sites for hydroxylation is 1. The largest absolute Gasteiger partial charge is 0.335 e. The number of rotatable bonds is 1. The molecule has 1 saturated heterocycles. The summed E-state index contributed by atoms with van der Waals surface area (Å²) in [5.74, 6) is 3.06. The summed E-state index contributed by atoms with van der Waals surface area (Å²) >= 11 is 1.89. The van der Waals surface area contributed by atoms with Gasteiger partial charge in [0.15, 0.2) is 0 Å². The molecule has 6 heteroatoms. The van der Waals surface area contributed by atoms with Crippen molar-refractivity contribution in [1.82, 2.24) is 20.1 Å². The van der Waals surface area contributed by atoms with E-state index in [9.17, 15) is 4.79 Å². The molecule has 0 unspecified atom stereocenters. The van der Waals surface area contributed by atoms with E-state index in [-0.39, 0.29) is 5.91 Å². The molecule has 15 heavy (non-hydrogen) atoms. The van der Waals surface area contributed by atoms with Crippen LogP contribution in [0.2, 0.25) is 0 Å². The van der Waals surface area contributed by atoms with Crippen molar-refractivity contribution in [1.29, 1.82) is 0 Å². The molecule has 0 atom stereocenters. The van der Waals surface area contributed by atoms with Gasteiger partial charge in [-0.05, 0) is 19.1 Å². The summed E-state index contributed by atoms with van der Waals surface area (Å²) in [5, 5.41) is 6.58. The Labute approximate surface area is 92.6 Å². The van der Waals surface area contributed by atoms with Crippen LogP contribution in [-0.2, 0) is 0 Å². The van der Waals surface area contributed by atoms with Crippen molar-refractivity contribution < 1.29 is 4.79 Å². The molecule has 0 radical (unpaired) electrons. The second-order valence-corrected chi connectivity index (χ2v) is 4.73. The minimum Gasteiger partial charge on any atom is -0.335 e. The van der Waals surface area contributed by atoms with Gasteiger partial charge in [-0.1, -0.05) is 0 Å². The predicted octanol–water partition coefficient (Wildman–Crippen LogP) is 0.692. The SMILES string of the molecule is Cc1nc(C(=O)N2CCCSCC2)n[nH]1. The Morgan fingerprint density at radius 2 is 2.33 bits per heavy atom. The molecule has 0 aromatic carbocycles. The van der Waals surface area contributed by atoms with Gasteiger partial charge >= 0.3 is 0 Å². The zero-order valence-electron chi connectivity index (χ0n) is 8.69. The molecule has 0 spiro atoms. The van der Waals surface area contributed by atoms with Crippen LogP contribution in [0.15, 0.2) is 0 Å². The number of aromatic nitrogens is 3. The Kier molecular flexibility index (Phi) is 3.25. The summed E-state index contributed by atoms with van der Waals surface area (Å²) in [5.41, 5.74) is 0. The maximum atomic E-state index is 11.9. The normalized spacial score (nSPS) is 17.5. The standard InChI is InChI=1S/C9H14N4OS/c1-7-10-8(12-11-7)9(14)13-3-2-5-15-6-4-13/h2-6H2,1H3,(H,10,11,12). The number of amides is 1. The first-order valence-corrected chi connectivity index (χ1v) is 6.19. The van der Waals surface area contributed by atoms with Gasteiger partial charge in [0, 0.05) is 18.8 Å². The van der Waals surface area contributed by atoms with Gasteiger partial charge < -0.3 is 4.90 Å². The summed E-state index contributed by atoms with van der Waals surface area (Å²) in [6, 6.07) is 0. The van der Waals surface area contributed by atoms with Crippen LogP contribution in [0, 0.1) is 6.92 Å². The van der Waals surface area contributed by atoms with Gasteiger partial charge in [-0.25, -0.2) is 4.98 Å². The van der Waals surface area contributed by atoms with Crippen molar-refractivity contribution in [3.8, 4) is 0 Å². The molecule has 2 rings (SSSR count). The Bertz CT molecular complexity index is 344. The number of carbonyl (C=O) groups is 1. The molecule has 1 aromatic rings. The van der Waals surface area contributed by atoms with Gasteiger partial charge in [-0.3, -0.25) is 9.89 Å². The maximum Gasteiger partial charge on any atom is 0.293 e. The topological polar surface area (TPSA) is 61.9 Å². The third-order valence-corrected chi connectivity index (χ3v) is 3.35. The number of nitrogens with zero attached hydrogens (tertiary/aromatic N) is 3. The minimum absolute atomic E-state index is 0.0538. The number of hydrogen-bond acceptors (Lipinski definition) is 4. The van der Waals surface area contributed by atoms with Gasteiger partial charge in [0.25, 0.3) is 5.91 Å². The van der Waals surface area contributed by atoms with E-state index in [0.717, 1.165) is 31.0 Å². The third kappa shape index (κ3) is 2.50. The second kappa shape index (κ2) is 4.65. The van der Waals surface area contributed by atoms with Gasteiger partial charge in [0.05, 0.1) is 0 Å². The highest BCUT2D eigenvalue weighted by Crippen LogP contribution is 2.11. The van der Waals surface area contributed by atoms with Gasteiger partial charge in [0.2, 0.25) is 5.82 Å². The number of H-pyrrole nitrogens is 1. The first kappa shape index (κ1) is 10.5. The van der Waals surface area contributed by atoms with E-state index in [4.69, 9.17) is 0 Å². The molecule has 1 fully saturated rings. The molecule has 0 aliphatic carbocycles. The molecule has 1 aromatic heterocycles. The van der Waals surface area contributed by atoms with Crippen LogP contribution < -0.4 is 0 Å². The minimum atomic E-state index is -0.0538. The maximum absolute atomic E-state index is 11.9. The van der Waals surface area contributed by atoms with E-state index in [1.807, 2.05) is 16.7 Å². The molecule has 0 bridgehead atoms. The van der Waals surface area contributed by atoms with Crippen molar-refractivity contribution in [2.45, 2.75) is 13.3 Å². The average molecular weight is 226 g/mol. The molecule has 1 aliphatic heterocycles. The fraction of sp³-hybridized carbons (Fsp3) is 0.667. The lowest BCUT2D eigenvalue weighted by atomic mass is 10.4. The molecule has 0 saturated carbocycles. The molecule has 1 N–H and O–H groups in total. The van der Waals surface area contributed by atoms with E-state index in [1.165, 1.54) is 0 Å². The summed E-state index contributed by atoms with van der Waals surface area (Å²) in [6.45, 7) is 3.42. The molecule has 82 valence electrons. The molecular formula is C9H14N4OS. The molecule has 2 heterocycles. The lowest BCUT2D eigenvalue weighted by molar-refractivity contribution is 0.0756. The first-order valence-electron chi connectivity index (χ1n) is 5.03. The summed E-state index contributed by atoms with van der Waals surface area (Å²) in [6.07, 6.45) is 1.06. The van der Waals surface area contributed by atoms with E-state index >= 15 is 0 Å². The Hall–Kier alpha value is -1.04. The van der Waals surface area contributed by atoms with Crippen LogP contribution in [0.5, 0.6) is 0 Å². The number of aromatic amines is 1. The van der Waals surface area contributed by atoms with Gasteiger partial charge in [-0.2, -0.15) is 11.8 Å². The highest BCUT2D eigenvalue weighted by molar-refractivity contribution is 7.99. The monoisotopic (exact) mass is 226 g/mol. The highest BCUT2D eigenvalue weighted by Gasteiger charge is 2.20. The summed E-state index contributed by atoms with van der Waals surface area (Å²) in [7, 11) is 0. The Morgan fingerprint density at radius 3 is 3.07 bits per heavy atom. The second-order valence-electron chi connectivity index (χ2n) is 3.50. The van der Waals surface area contributed by atoms with Crippen LogP contribution in [0.4, 0.5) is 0 Å². The van der Waals surface area contributed by atoms with Crippen molar-refractivity contribution >= 4 is 17.7 Å². The van der Waals surface area contributed by atoms with Gasteiger partial charge in [0.1, 0.15) is 5.82 Å². The van der Waals surface area contributed by atoms with E-state index in [1.54, 1.807) is 6.92 Å². The molecule has 1 amide bonds. The fourth-order valence-electron chi connectivity index (χ4n) is 1.53. The summed E-state index contributed by atoms with van der Waals surface area (Å²) in [4.78, 5) is 17.8. The van der Waals surface area contributed by atoms with E-state index in [2.05, 4.69) is 15.2 Å². The highest BCUT2D eigenvalue weighted by atomic mass is 32.2. The van der Waals surface area contributed by atoms with E-state index in [0.29, 0.717) is 11.6 Å².